The van der Waals surface area contributed by atoms with Crippen LogP contribution >= 0.6 is 0 Å². The van der Waals surface area contributed by atoms with Crippen LogP contribution in [0.5, 0.6) is 0 Å². The molecule has 3 heterocycles. The van der Waals surface area contributed by atoms with Crippen LogP contribution in [0.15, 0.2) is 36.9 Å². The average molecular weight is 215 g/mol. The van der Waals surface area contributed by atoms with Crippen molar-refractivity contribution >= 4 is 0 Å². The number of rotatable bonds is 3. The lowest BCUT2D eigenvalue weighted by Gasteiger charge is -2.34. The minimum absolute atomic E-state index is 0.199. The fourth-order valence-corrected chi connectivity index (χ4v) is 2.05. The summed E-state index contributed by atoms with van der Waals surface area (Å²) in [5.41, 5.74) is 1.17. The Morgan fingerprint density at radius 1 is 1.25 bits per heavy atom. The van der Waals surface area contributed by atoms with E-state index in [9.17, 15) is 0 Å². The summed E-state index contributed by atoms with van der Waals surface area (Å²) in [4.78, 5) is 5.95. The van der Waals surface area contributed by atoms with Gasteiger partial charge < -0.3 is 5.32 Å². The van der Waals surface area contributed by atoms with Crippen LogP contribution < -0.4 is 5.32 Å². The Labute approximate surface area is 93.5 Å². The molecule has 16 heavy (non-hydrogen) atoms. The second kappa shape index (κ2) is 4.02. The van der Waals surface area contributed by atoms with Gasteiger partial charge in [-0.2, -0.15) is 15.0 Å². The summed E-state index contributed by atoms with van der Waals surface area (Å²) >= 11 is 0. The molecule has 0 saturated carbocycles. The zero-order valence-corrected chi connectivity index (χ0v) is 8.82. The van der Waals surface area contributed by atoms with Gasteiger partial charge in [-0.15, -0.1) is 0 Å². The molecule has 0 unspecified atom stereocenters. The topological polar surface area (TPSA) is 55.6 Å². The molecule has 82 valence electrons. The van der Waals surface area contributed by atoms with Crippen molar-refractivity contribution < 1.29 is 0 Å². The number of nitrogens with one attached hydrogen (secondary N) is 1. The fraction of sp³-hybridized carbons (Fsp3) is 0.364. The predicted octanol–water partition coefficient (Wildman–Crippen LogP) is 0.482. The maximum atomic E-state index is 4.25. The molecule has 0 radical (unpaired) electrons. The van der Waals surface area contributed by atoms with Crippen molar-refractivity contribution in [1.29, 1.82) is 0 Å². The molecular formula is C11H13N5. The molecule has 2 aromatic rings. The molecule has 0 aromatic carbocycles. The van der Waals surface area contributed by atoms with Crippen LogP contribution in [0.3, 0.4) is 0 Å². The van der Waals surface area contributed by atoms with E-state index in [4.69, 9.17) is 0 Å². The lowest BCUT2D eigenvalue weighted by atomic mass is 9.90. The smallest absolute Gasteiger partial charge is 0.103 e. The minimum Gasteiger partial charge on any atom is -0.316 e. The van der Waals surface area contributed by atoms with Gasteiger partial charge in [0.05, 0.1) is 12.4 Å². The third-order valence-corrected chi connectivity index (χ3v) is 2.97. The van der Waals surface area contributed by atoms with E-state index in [-0.39, 0.29) is 6.04 Å². The zero-order chi connectivity index (χ0) is 10.8. The van der Waals surface area contributed by atoms with E-state index < -0.39 is 0 Å². The molecular weight excluding hydrogens is 202 g/mol. The molecule has 1 saturated heterocycles. The SMILES string of the molecule is c1cncc([C@H](C2CNC2)n2nccn2)c1. The summed E-state index contributed by atoms with van der Waals surface area (Å²) < 4.78 is 0. The van der Waals surface area contributed by atoms with E-state index in [1.165, 1.54) is 5.56 Å². The average Bonchev–Trinajstić information content (AvgIpc) is 2.77. The van der Waals surface area contributed by atoms with Crippen LogP contribution in [-0.4, -0.2) is 33.1 Å². The first-order valence-electron chi connectivity index (χ1n) is 5.41. The first kappa shape index (κ1) is 9.47. The third-order valence-electron chi connectivity index (χ3n) is 2.97. The van der Waals surface area contributed by atoms with Crippen molar-refractivity contribution in [2.45, 2.75) is 6.04 Å². The summed E-state index contributed by atoms with van der Waals surface area (Å²) in [5, 5.41) is 11.8. The molecule has 5 nitrogen and oxygen atoms in total. The van der Waals surface area contributed by atoms with Gasteiger partial charge in [-0.3, -0.25) is 4.98 Å². The van der Waals surface area contributed by atoms with E-state index in [0.717, 1.165) is 13.1 Å². The summed E-state index contributed by atoms with van der Waals surface area (Å²) in [5.74, 6) is 0.552. The molecule has 5 heteroatoms. The number of nitrogens with zero attached hydrogens (tertiary/aromatic N) is 4. The molecule has 0 aliphatic carbocycles. The van der Waals surface area contributed by atoms with Crippen molar-refractivity contribution in [1.82, 2.24) is 25.3 Å². The second-order valence-corrected chi connectivity index (χ2v) is 4.00. The quantitative estimate of drug-likeness (QED) is 0.809. The number of hydrogen-bond donors (Lipinski definition) is 1. The molecule has 0 bridgehead atoms. The highest BCUT2D eigenvalue weighted by Gasteiger charge is 2.30. The van der Waals surface area contributed by atoms with Crippen LogP contribution in [0, 0.1) is 5.92 Å². The highest BCUT2D eigenvalue weighted by molar-refractivity contribution is 5.16. The molecule has 0 amide bonds. The summed E-state index contributed by atoms with van der Waals surface area (Å²) in [7, 11) is 0. The Kier molecular flexibility index (Phi) is 2.38. The second-order valence-electron chi connectivity index (χ2n) is 4.00. The van der Waals surface area contributed by atoms with Gasteiger partial charge in [-0.25, -0.2) is 0 Å². The minimum atomic E-state index is 0.199. The van der Waals surface area contributed by atoms with E-state index in [0.29, 0.717) is 5.92 Å². The Morgan fingerprint density at radius 3 is 2.62 bits per heavy atom. The van der Waals surface area contributed by atoms with Crippen LogP contribution in [0.1, 0.15) is 11.6 Å². The lowest BCUT2D eigenvalue weighted by Crippen LogP contribution is -2.47. The lowest BCUT2D eigenvalue weighted by molar-refractivity contribution is 0.236. The Bertz CT molecular complexity index is 435. The van der Waals surface area contributed by atoms with Crippen LogP contribution in [0.2, 0.25) is 0 Å². The largest absolute Gasteiger partial charge is 0.316 e. The zero-order valence-electron chi connectivity index (χ0n) is 8.82. The number of aromatic nitrogens is 4. The summed E-state index contributed by atoms with van der Waals surface area (Å²) in [6, 6.07) is 4.24. The van der Waals surface area contributed by atoms with Gasteiger partial charge in [0, 0.05) is 31.4 Å². The van der Waals surface area contributed by atoms with Gasteiger partial charge in [0.1, 0.15) is 6.04 Å². The Morgan fingerprint density at radius 2 is 2.06 bits per heavy atom. The van der Waals surface area contributed by atoms with Gasteiger partial charge in [0.25, 0.3) is 0 Å². The van der Waals surface area contributed by atoms with Gasteiger partial charge >= 0.3 is 0 Å². The molecule has 2 aromatic heterocycles. The number of pyridine rings is 1. The van der Waals surface area contributed by atoms with Crippen molar-refractivity contribution in [3.8, 4) is 0 Å². The summed E-state index contributed by atoms with van der Waals surface area (Å²) in [6.45, 7) is 2.03. The molecule has 1 atom stereocenters. The molecule has 0 spiro atoms. The third kappa shape index (κ3) is 1.59. The number of hydrogen-bond acceptors (Lipinski definition) is 4. The summed E-state index contributed by atoms with van der Waals surface area (Å²) in [6.07, 6.45) is 7.12. The van der Waals surface area contributed by atoms with Gasteiger partial charge in [-0.05, 0) is 11.6 Å². The maximum absolute atomic E-state index is 4.25. The van der Waals surface area contributed by atoms with Gasteiger partial charge in [-0.1, -0.05) is 6.07 Å². The molecule has 1 fully saturated rings. The fourth-order valence-electron chi connectivity index (χ4n) is 2.05. The van der Waals surface area contributed by atoms with Crippen molar-refractivity contribution in [3.63, 3.8) is 0 Å². The Hall–Kier alpha value is -1.75. The maximum Gasteiger partial charge on any atom is 0.103 e. The normalized spacial score (nSPS) is 18.0. The van der Waals surface area contributed by atoms with E-state index >= 15 is 0 Å². The predicted molar refractivity (Wildman–Crippen MR) is 58.8 cm³/mol. The molecule has 1 N–H and O–H groups in total. The standard InChI is InChI=1S/C11H13N5/c1-2-9(6-12-3-1)11(10-7-13-8-10)16-14-4-5-15-16/h1-6,10-11,13H,7-8H2/t11-/m1/s1. The first-order valence-corrected chi connectivity index (χ1v) is 5.41. The van der Waals surface area contributed by atoms with Gasteiger partial charge in [0.2, 0.25) is 0 Å². The van der Waals surface area contributed by atoms with Crippen LogP contribution in [0.25, 0.3) is 0 Å². The molecule has 3 rings (SSSR count). The van der Waals surface area contributed by atoms with E-state index in [2.05, 4.69) is 26.6 Å². The van der Waals surface area contributed by atoms with E-state index in [1.54, 1.807) is 23.4 Å². The van der Waals surface area contributed by atoms with E-state index in [1.807, 2.05) is 12.3 Å². The monoisotopic (exact) mass is 215 g/mol. The molecule has 1 aliphatic rings. The van der Waals surface area contributed by atoms with Crippen molar-refractivity contribution in [2.24, 2.45) is 5.92 Å². The van der Waals surface area contributed by atoms with Crippen molar-refractivity contribution in [2.75, 3.05) is 13.1 Å². The first-order chi connectivity index (χ1) is 7.95. The van der Waals surface area contributed by atoms with Crippen LogP contribution in [-0.2, 0) is 0 Å². The highest BCUT2D eigenvalue weighted by atomic mass is 15.5. The Balaban J connectivity index is 1.96. The molecule has 1 aliphatic heterocycles. The van der Waals surface area contributed by atoms with Crippen LogP contribution in [0.4, 0.5) is 0 Å². The van der Waals surface area contributed by atoms with Gasteiger partial charge in [0.15, 0.2) is 0 Å². The van der Waals surface area contributed by atoms with Crippen molar-refractivity contribution in [3.05, 3.63) is 42.5 Å². The highest BCUT2D eigenvalue weighted by Crippen LogP contribution is 2.27.